The van der Waals surface area contributed by atoms with E-state index >= 15 is 0 Å². The summed E-state index contributed by atoms with van der Waals surface area (Å²) in [5.41, 5.74) is 1.67. The fourth-order valence-electron chi connectivity index (χ4n) is 2.16. The number of nitrogens with one attached hydrogen (secondary N) is 1. The minimum absolute atomic E-state index is 0.0791. The molecule has 1 N–H and O–H groups in total. The molecule has 2 heterocycles. The third-order valence-electron chi connectivity index (χ3n) is 3.52. The van der Waals surface area contributed by atoms with Crippen molar-refractivity contribution < 1.29 is 4.79 Å². The molecule has 0 bridgehead atoms. The average Bonchev–Trinajstić information content (AvgIpc) is 2.85. The minimum atomic E-state index is 0.0791. The van der Waals surface area contributed by atoms with Crippen LogP contribution in [0.15, 0.2) is 18.6 Å². The quantitative estimate of drug-likeness (QED) is 0.855. The molecule has 0 radical (unpaired) electrons. The van der Waals surface area contributed by atoms with Crippen LogP contribution in [0.4, 0.5) is 0 Å². The molecule has 0 spiro atoms. The van der Waals surface area contributed by atoms with Crippen LogP contribution in [0.5, 0.6) is 0 Å². The number of amides is 1. The zero-order valence-corrected chi connectivity index (χ0v) is 13.2. The van der Waals surface area contributed by atoms with Crippen LogP contribution in [-0.2, 0) is 11.2 Å². The number of carbonyl (C=O) groups is 1. The first kappa shape index (κ1) is 15.8. The van der Waals surface area contributed by atoms with E-state index in [0.717, 1.165) is 31.2 Å². The first-order valence-corrected chi connectivity index (χ1v) is 7.75. The number of nitrogens with zero attached hydrogens (tertiary/aromatic N) is 3. The van der Waals surface area contributed by atoms with E-state index in [4.69, 9.17) is 11.6 Å². The lowest BCUT2D eigenvalue weighted by Crippen LogP contribution is -2.30. The van der Waals surface area contributed by atoms with Crippen molar-refractivity contribution in [3.63, 3.8) is 0 Å². The smallest absolute Gasteiger partial charge is 0.222 e. The topological polar surface area (TPSA) is 59.3 Å². The Hall–Kier alpha value is -1.62. The van der Waals surface area contributed by atoms with Gasteiger partial charge in [0.2, 0.25) is 5.91 Å². The number of aromatic nitrogens is 3. The molecule has 0 aliphatic heterocycles. The molecule has 0 unspecified atom stereocenters. The molecule has 2 aromatic rings. The molecule has 0 saturated heterocycles. The van der Waals surface area contributed by atoms with Gasteiger partial charge >= 0.3 is 0 Å². The van der Waals surface area contributed by atoms with E-state index < -0.39 is 0 Å². The first-order chi connectivity index (χ1) is 10.1. The molecular weight excluding hydrogens is 288 g/mol. The molecule has 0 fully saturated rings. The number of hydrogen-bond acceptors (Lipinski definition) is 3. The number of carbonyl (C=O) groups excluding carboxylic acids is 1. The molecule has 0 aliphatic rings. The molecule has 0 aromatic carbocycles. The Labute approximate surface area is 129 Å². The maximum absolute atomic E-state index is 11.9. The van der Waals surface area contributed by atoms with Crippen molar-refractivity contribution in [2.45, 2.75) is 39.5 Å². The number of halogens is 1. The van der Waals surface area contributed by atoms with E-state index in [1.165, 1.54) is 0 Å². The fourth-order valence-corrected chi connectivity index (χ4v) is 2.34. The highest BCUT2D eigenvalue weighted by Gasteiger charge is 2.11. The van der Waals surface area contributed by atoms with Gasteiger partial charge in [0.05, 0.1) is 6.20 Å². The van der Waals surface area contributed by atoms with Crippen molar-refractivity contribution in [2.24, 2.45) is 5.92 Å². The number of rotatable bonds is 7. The fraction of sp³-hybridized carbons (Fsp3) is 0.533. The Kier molecular flexibility index (Phi) is 5.56. The largest absolute Gasteiger partial charge is 0.356 e. The van der Waals surface area contributed by atoms with Crippen molar-refractivity contribution in [2.75, 3.05) is 6.54 Å². The molecular formula is C15H21ClN4O. The van der Waals surface area contributed by atoms with Crippen molar-refractivity contribution in [1.29, 1.82) is 0 Å². The molecule has 114 valence electrons. The van der Waals surface area contributed by atoms with Gasteiger partial charge in [0.25, 0.3) is 0 Å². The van der Waals surface area contributed by atoms with Gasteiger partial charge < -0.3 is 5.32 Å². The van der Waals surface area contributed by atoms with Crippen LogP contribution < -0.4 is 5.32 Å². The van der Waals surface area contributed by atoms with Gasteiger partial charge in [0.1, 0.15) is 5.02 Å². The van der Waals surface area contributed by atoms with Crippen molar-refractivity contribution in [3.8, 4) is 0 Å². The van der Waals surface area contributed by atoms with E-state index in [0.29, 0.717) is 17.2 Å². The zero-order valence-electron chi connectivity index (χ0n) is 12.5. The third-order valence-corrected chi connectivity index (χ3v) is 3.78. The maximum Gasteiger partial charge on any atom is 0.222 e. The van der Waals surface area contributed by atoms with E-state index in [1.54, 1.807) is 16.9 Å². The molecule has 21 heavy (non-hydrogen) atoms. The minimum Gasteiger partial charge on any atom is -0.356 e. The van der Waals surface area contributed by atoms with Gasteiger partial charge in [-0.15, -0.1) is 0 Å². The van der Waals surface area contributed by atoms with Gasteiger partial charge in [-0.1, -0.05) is 38.3 Å². The summed E-state index contributed by atoms with van der Waals surface area (Å²) in [6, 6.07) is 0. The van der Waals surface area contributed by atoms with Crippen LogP contribution in [0.25, 0.3) is 5.65 Å². The summed E-state index contributed by atoms with van der Waals surface area (Å²) in [6.07, 6.45) is 9.13. The van der Waals surface area contributed by atoms with Crippen molar-refractivity contribution in [3.05, 3.63) is 29.2 Å². The van der Waals surface area contributed by atoms with Gasteiger partial charge in [-0.3, -0.25) is 4.79 Å². The molecule has 1 atom stereocenters. The Bertz CT molecular complexity index is 611. The van der Waals surface area contributed by atoms with Crippen LogP contribution in [0.2, 0.25) is 5.02 Å². The summed E-state index contributed by atoms with van der Waals surface area (Å²) >= 11 is 5.94. The molecule has 6 heteroatoms. The van der Waals surface area contributed by atoms with Gasteiger partial charge in [-0.2, -0.15) is 5.10 Å². The second-order valence-corrected chi connectivity index (χ2v) is 5.71. The summed E-state index contributed by atoms with van der Waals surface area (Å²) in [5.74, 6) is 0.204. The average molecular weight is 309 g/mol. The molecule has 2 rings (SSSR count). The molecule has 5 nitrogen and oxygen atoms in total. The summed E-state index contributed by atoms with van der Waals surface area (Å²) in [4.78, 5) is 16.2. The second kappa shape index (κ2) is 7.41. The lowest BCUT2D eigenvalue weighted by atomic mass is 10.0. The molecule has 0 aliphatic carbocycles. The van der Waals surface area contributed by atoms with E-state index in [2.05, 4.69) is 22.3 Å². The highest BCUT2D eigenvalue weighted by Crippen LogP contribution is 2.14. The SMILES string of the molecule is CCCC[C@@H](C)C(=O)NCCc1cnc2c(Cl)cnn2c1. The highest BCUT2D eigenvalue weighted by atomic mass is 35.5. The standard InChI is InChI=1S/C15H21ClN4O/c1-3-4-5-11(2)15(21)17-7-6-12-8-18-14-13(16)9-19-20(14)10-12/h8-11H,3-7H2,1-2H3,(H,17,21)/t11-/m1/s1. The normalized spacial score (nSPS) is 12.5. The summed E-state index contributed by atoms with van der Waals surface area (Å²) in [6.45, 7) is 4.72. The predicted octanol–water partition coefficient (Wildman–Crippen LogP) is 2.87. The van der Waals surface area contributed by atoms with E-state index in [1.807, 2.05) is 13.1 Å². The third kappa shape index (κ3) is 4.17. The lowest BCUT2D eigenvalue weighted by Gasteiger charge is -2.11. The summed E-state index contributed by atoms with van der Waals surface area (Å²) in [5, 5.41) is 7.63. The van der Waals surface area contributed by atoms with Crippen molar-refractivity contribution >= 4 is 23.2 Å². The van der Waals surface area contributed by atoms with E-state index in [-0.39, 0.29) is 11.8 Å². The Morgan fingerprint density at radius 1 is 1.48 bits per heavy atom. The molecule has 1 amide bonds. The van der Waals surface area contributed by atoms with Crippen LogP contribution in [-0.4, -0.2) is 27.0 Å². The Morgan fingerprint density at radius 3 is 3.05 bits per heavy atom. The van der Waals surface area contributed by atoms with Gasteiger partial charge in [-0.25, -0.2) is 9.50 Å². The van der Waals surface area contributed by atoms with Gasteiger partial charge in [-0.05, 0) is 18.4 Å². The van der Waals surface area contributed by atoms with Crippen LogP contribution in [0.1, 0.15) is 38.7 Å². The summed E-state index contributed by atoms with van der Waals surface area (Å²) in [7, 11) is 0. The number of fused-ring (bicyclic) bond motifs is 1. The summed E-state index contributed by atoms with van der Waals surface area (Å²) < 4.78 is 1.66. The van der Waals surface area contributed by atoms with Crippen molar-refractivity contribution in [1.82, 2.24) is 19.9 Å². The number of hydrogen-bond donors (Lipinski definition) is 1. The number of unbranched alkanes of at least 4 members (excludes halogenated alkanes) is 1. The Balaban J connectivity index is 1.83. The molecule has 0 saturated carbocycles. The van der Waals surface area contributed by atoms with Crippen LogP contribution in [0, 0.1) is 5.92 Å². The lowest BCUT2D eigenvalue weighted by molar-refractivity contribution is -0.124. The van der Waals surface area contributed by atoms with Gasteiger partial charge in [0, 0.05) is 24.9 Å². The maximum atomic E-state index is 11.9. The second-order valence-electron chi connectivity index (χ2n) is 5.31. The Morgan fingerprint density at radius 2 is 2.29 bits per heavy atom. The molecule has 2 aromatic heterocycles. The zero-order chi connectivity index (χ0) is 15.2. The van der Waals surface area contributed by atoms with E-state index in [9.17, 15) is 4.79 Å². The van der Waals surface area contributed by atoms with Crippen LogP contribution >= 0.6 is 11.6 Å². The predicted molar refractivity (Wildman–Crippen MR) is 83.4 cm³/mol. The van der Waals surface area contributed by atoms with Crippen LogP contribution in [0.3, 0.4) is 0 Å². The van der Waals surface area contributed by atoms with Gasteiger partial charge in [0.15, 0.2) is 5.65 Å². The highest BCUT2D eigenvalue weighted by molar-refractivity contribution is 6.33. The monoisotopic (exact) mass is 308 g/mol. The first-order valence-electron chi connectivity index (χ1n) is 7.37.